The van der Waals surface area contributed by atoms with Crippen molar-refractivity contribution in [2.45, 2.75) is 103 Å². The third-order valence-corrected chi connectivity index (χ3v) is 11.8. The second-order valence-corrected chi connectivity index (χ2v) is 15.8. The highest BCUT2D eigenvalue weighted by molar-refractivity contribution is 5.93. The van der Waals surface area contributed by atoms with E-state index in [1.165, 1.54) is 81.7 Å². The number of hydrogen-bond donors (Lipinski definition) is 0. The molecule has 3 aromatic carbocycles. The fraction of sp³-hybridized carbons (Fsp3) is 0.449. The van der Waals surface area contributed by atoms with Gasteiger partial charge < -0.3 is 18.9 Å². The van der Waals surface area contributed by atoms with E-state index >= 15 is 0 Å². The van der Waals surface area contributed by atoms with Crippen LogP contribution in [0.2, 0.25) is 0 Å². The molecule has 0 radical (unpaired) electrons. The molecular formula is C49H57NO8. The zero-order valence-electron chi connectivity index (χ0n) is 33.7. The van der Waals surface area contributed by atoms with Gasteiger partial charge in [-0.2, -0.15) is 5.26 Å². The molecule has 3 aromatic rings. The van der Waals surface area contributed by atoms with Crippen LogP contribution in [0, 0.1) is 35.0 Å². The van der Waals surface area contributed by atoms with Gasteiger partial charge in [-0.25, -0.2) is 19.2 Å². The molecule has 9 nitrogen and oxygen atoms in total. The molecule has 2 aliphatic rings. The molecule has 0 heterocycles. The van der Waals surface area contributed by atoms with Gasteiger partial charge in [0.2, 0.25) is 0 Å². The van der Waals surface area contributed by atoms with Gasteiger partial charge in [-0.15, -0.1) is 0 Å². The summed E-state index contributed by atoms with van der Waals surface area (Å²) in [6.07, 6.45) is 20.0. The zero-order chi connectivity index (χ0) is 41.1. The molecule has 2 aliphatic carbocycles. The highest BCUT2D eigenvalue weighted by Crippen LogP contribution is 2.36. The van der Waals surface area contributed by atoms with Crippen molar-refractivity contribution in [2.24, 2.45) is 23.7 Å². The van der Waals surface area contributed by atoms with Gasteiger partial charge in [-0.3, -0.25) is 0 Å². The minimum absolute atomic E-state index is 0.00247. The van der Waals surface area contributed by atoms with Crippen molar-refractivity contribution in [1.82, 2.24) is 0 Å². The number of ether oxygens (including phenoxy) is 4. The maximum atomic E-state index is 13.2. The lowest BCUT2D eigenvalue weighted by Crippen LogP contribution is -2.16. The summed E-state index contributed by atoms with van der Waals surface area (Å²) in [7, 11) is 0. The smallest absolute Gasteiger partial charge is 0.343 e. The topological polar surface area (TPSA) is 129 Å². The molecule has 2 fully saturated rings. The largest absolute Gasteiger partial charge is 0.463 e. The molecule has 5 rings (SSSR count). The molecule has 0 aromatic heterocycles. The summed E-state index contributed by atoms with van der Waals surface area (Å²) < 4.78 is 21.6. The second kappa shape index (κ2) is 23.0. The molecule has 0 N–H and O–H groups in total. The van der Waals surface area contributed by atoms with Crippen molar-refractivity contribution in [2.75, 3.05) is 13.2 Å². The maximum Gasteiger partial charge on any atom is 0.343 e. The molecule has 0 saturated heterocycles. The number of nitriles is 1. The first kappa shape index (κ1) is 43.6. The molecule has 9 heteroatoms. The molecule has 306 valence electrons. The van der Waals surface area contributed by atoms with Gasteiger partial charge in [0.25, 0.3) is 0 Å². The molecule has 2 saturated carbocycles. The predicted octanol–water partition coefficient (Wildman–Crippen LogP) is 10.5. The Morgan fingerprint density at radius 2 is 0.966 bits per heavy atom. The Hall–Kier alpha value is -5.49. The van der Waals surface area contributed by atoms with Crippen LogP contribution < -0.4 is 9.47 Å². The predicted molar refractivity (Wildman–Crippen MR) is 222 cm³/mol. The zero-order valence-corrected chi connectivity index (χ0v) is 33.7. The standard InChI is InChI=1S/C49H57NO8/c1-3-46(51)55-31-5-7-35-9-13-37(14-10-35)17-19-39-21-26-42(27-22-39)48(53)57-44-30-25-41(34-50)33-45(44)58-49(54)43-28-23-40(24-29-43)20-18-38-15-11-36(12-16-38)8-6-32-56-47(52)4-2/h3-4,21-30,33,35-38H,1-2,5-20,31-32H2. The van der Waals surface area contributed by atoms with Crippen LogP contribution in [0.4, 0.5) is 0 Å². The molecule has 0 unspecified atom stereocenters. The van der Waals surface area contributed by atoms with Gasteiger partial charge in [0.15, 0.2) is 11.5 Å². The third-order valence-electron chi connectivity index (χ3n) is 11.8. The molecule has 0 amide bonds. The summed E-state index contributed by atoms with van der Waals surface area (Å²) in [5.74, 6) is 0.862. The monoisotopic (exact) mass is 787 g/mol. The third kappa shape index (κ3) is 14.2. The average Bonchev–Trinajstić information content (AvgIpc) is 3.26. The number of aryl methyl sites for hydroxylation is 2. The highest BCUT2D eigenvalue weighted by atomic mass is 16.6. The molecule has 0 spiro atoms. The van der Waals surface area contributed by atoms with Crippen LogP contribution >= 0.6 is 0 Å². The Labute approximate surface area is 343 Å². The minimum Gasteiger partial charge on any atom is -0.463 e. The number of carbonyl (C=O) groups is 4. The van der Waals surface area contributed by atoms with Crippen LogP contribution in [0.1, 0.15) is 127 Å². The van der Waals surface area contributed by atoms with Gasteiger partial charge in [0.1, 0.15) is 0 Å². The van der Waals surface area contributed by atoms with Crippen LogP contribution in [0.25, 0.3) is 0 Å². The van der Waals surface area contributed by atoms with E-state index in [1.54, 1.807) is 24.3 Å². The number of benzene rings is 3. The van der Waals surface area contributed by atoms with Gasteiger partial charge >= 0.3 is 23.9 Å². The van der Waals surface area contributed by atoms with Gasteiger partial charge in [-0.05, 0) is 123 Å². The van der Waals surface area contributed by atoms with E-state index in [2.05, 4.69) is 19.2 Å². The molecule has 0 bridgehead atoms. The van der Waals surface area contributed by atoms with Crippen LogP contribution in [-0.2, 0) is 31.9 Å². The van der Waals surface area contributed by atoms with Gasteiger partial charge in [0, 0.05) is 18.2 Å². The van der Waals surface area contributed by atoms with Crippen molar-refractivity contribution in [3.63, 3.8) is 0 Å². The molecular weight excluding hydrogens is 731 g/mol. The summed E-state index contributed by atoms with van der Waals surface area (Å²) >= 11 is 0. The Bertz CT molecular complexity index is 1880. The van der Waals surface area contributed by atoms with E-state index < -0.39 is 11.9 Å². The van der Waals surface area contributed by atoms with Gasteiger partial charge in [0.05, 0.1) is 36.0 Å². The average molecular weight is 788 g/mol. The summed E-state index contributed by atoms with van der Waals surface area (Å²) in [4.78, 5) is 48.9. The normalized spacial score (nSPS) is 18.9. The number of esters is 4. The molecule has 0 aliphatic heterocycles. The van der Waals surface area contributed by atoms with Crippen molar-refractivity contribution in [3.05, 3.63) is 120 Å². The first-order chi connectivity index (χ1) is 28.2. The fourth-order valence-corrected chi connectivity index (χ4v) is 8.24. The van der Waals surface area contributed by atoms with E-state index in [4.69, 9.17) is 18.9 Å². The van der Waals surface area contributed by atoms with E-state index in [0.29, 0.717) is 48.0 Å². The Kier molecular flexibility index (Phi) is 17.3. The lowest BCUT2D eigenvalue weighted by atomic mass is 9.78. The van der Waals surface area contributed by atoms with E-state index in [0.717, 1.165) is 62.5 Å². The number of carbonyl (C=O) groups excluding carboxylic acids is 4. The Balaban J connectivity index is 1.04. The van der Waals surface area contributed by atoms with Crippen LogP contribution in [0.5, 0.6) is 11.5 Å². The quantitative estimate of drug-likeness (QED) is 0.0475. The van der Waals surface area contributed by atoms with Crippen molar-refractivity contribution in [1.29, 1.82) is 5.26 Å². The fourth-order valence-electron chi connectivity index (χ4n) is 8.24. The number of hydrogen-bond acceptors (Lipinski definition) is 9. The highest BCUT2D eigenvalue weighted by Gasteiger charge is 2.23. The van der Waals surface area contributed by atoms with Crippen molar-refractivity contribution < 1.29 is 38.1 Å². The first-order valence-corrected chi connectivity index (χ1v) is 21.0. The van der Waals surface area contributed by atoms with Crippen molar-refractivity contribution in [3.8, 4) is 17.6 Å². The lowest BCUT2D eigenvalue weighted by Gasteiger charge is -2.28. The Morgan fingerprint density at radius 3 is 1.36 bits per heavy atom. The molecule has 0 atom stereocenters. The van der Waals surface area contributed by atoms with Crippen LogP contribution in [0.3, 0.4) is 0 Å². The molecule has 58 heavy (non-hydrogen) atoms. The van der Waals surface area contributed by atoms with E-state index in [1.807, 2.05) is 24.3 Å². The van der Waals surface area contributed by atoms with Crippen LogP contribution in [0.15, 0.2) is 92.0 Å². The van der Waals surface area contributed by atoms with Crippen molar-refractivity contribution >= 4 is 23.9 Å². The SMILES string of the molecule is C=CC(=O)OCCCC1CCC(CCc2ccc(C(=O)Oc3ccc(C#N)cc3OC(=O)c3ccc(CCC4CCC(CCCOC(=O)C=C)CC4)cc3)cc2)CC1. The Morgan fingerprint density at radius 1 is 0.569 bits per heavy atom. The first-order valence-electron chi connectivity index (χ1n) is 21.0. The maximum absolute atomic E-state index is 13.2. The summed E-state index contributed by atoms with van der Waals surface area (Å²) in [5, 5.41) is 9.52. The summed E-state index contributed by atoms with van der Waals surface area (Å²) in [6.45, 7) is 7.76. The lowest BCUT2D eigenvalue weighted by molar-refractivity contribution is -0.138. The van der Waals surface area contributed by atoms with E-state index in [-0.39, 0.29) is 29.0 Å². The number of nitrogens with zero attached hydrogens (tertiary/aromatic N) is 1. The second-order valence-electron chi connectivity index (χ2n) is 15.8. The summed E-state index contributed by atoms with van der Waals surface area (Å²) in [6, 6.07) is 21.2. The van der Waals surface area contributed by atoms with E-state index in [9.17, 15) is 24.4 Å². The minimum atomic E-state index is -0.610. The van der Waals surface area contributed by atoms with Gasteiger partial charge in [-0.1, -0.05) is 88.8 Å². The van der Waals surface area contributed by atoms with Crippen LogP contribution in [-0.4, -0.2) is 37.1 Å². The summed E-state index contributed by atoms with van der Waals surface area (Å²) in [5.41, 5.74) is 3.30. The number of rotatable bonds is 20.